The second-order valence-corrected chi connectivity index (χ2v) is 12.4. The molecule has 0 spiro atoms. The molecule has 1 amide bonds. The third-order valence-electron chi connectivity index (χ3n) is 7.74. The summed E-state index contributed by atoms with van der Waals surface area (Å²) in [6, 6.07) is 0. The highest BCUT2D eigenvalue weighted by molar-refractivity contribution is 5.75. The van der Waals surface area contributed by atoms with Crippen molar-refractivity contribution in [1.82, 2.24) is 10.2 Å². The smallest absolute Gasteiger partial charge is 0.219 e. The van der Waals surface area contributed by atoms with Gasteiger partial charge in [-0.3, -0.25) is 4.79 Å². The first kappa shape index (κ1) is 39.3. The van der Waals surface area contributed by atoms with Crippen LogP contribution in [0.5, 0.6) is 0 Å². The van der Waals surface area contributed by atoms with Gasteiger partial charge in [0, 0.05) is 39.3 Å². The molecule has 0 saturated carbocycles. The predicted molar refractivity (Wildman–Crippen MR) is 171 cm³/mol. The van der Waals surface area contributed by atoms with E-state index in [9.17, 15) is 15.0 Å². The number of carbonyl (C=O) groups excluding carboxylic acids is 1. The van der Waals surface area contributed by atoms with Crippen molar-refractivity contribution < 1.29 is 19.7 Å². The molecule has 1 atom stereocenters. The molecule has 6 nitrogen and oxygen atoms in total. The average Bonchev–Trinajstić information content (AvgIpc) is 2.94. The molecule has 6 heteroatoms. The van der Waals surface area contributed by atoms with Crippen molar-refractivity contribution in [1.29, 1.82) is 0 Å². The molecule has 0 aromatic rings. The number of rotatable bonds is 32. The molecule has 0 aliphatic carbocycles. The Hall–Kier alpha value is -0.690. The average molecular weight is 571 g/mol. The topological polar surface area (TPSA) is 82.0 Å². The van der Waals surface area contributed by atoms with Crippen molar-refractivity contribution >= 4 is 5.91 Å². The van der Waals surface area contributed by atoms with Crippen molar-refractivity contribution in [3.8, 4) is 0 Å². The Morgan fingerprint density at radius 3 is 1.85 bits per heavy atom. The van der Waals surface area contributed by atoms with E-state index < -0.39 is 6.10 Å². The quantitative estimate of drug-likeness (QED) is 0.0724. The Bertz CT molecular complexity index is 518. The van der Waals surface area contributed by atoms with Crippen LogP contribution in [0, 0.1) is 5.92 Å². The predicted octanol–water partition coefficient (Wildman–Crippen LogP) is 7.64. The Morgan fingerprint density at radius 1 is 0.725 bits per heavy atom. The standard InChI is InChI=1S/C34H70N2O4/c1-4-5-6-7-8-9-13-16-19-24-34(39)35-25-21-26-36(30-33(38)31-37)27-22-29-40-28-20-17-14-11-10-12-15-18-23-32(2)3/h32-33,37-38H,4-31H2,1-3H3,(H,35,39). The summed E-state index contributed by atoms with van der Waals surface area (Å²) in [5.74, 6) is 0.994. The molecule has 40 heavy (non-hydrogen) atoms. The SMILES string of the molecule is CCCCCCCCCCCC(=O)NCCCN(CCCOCCCCCCCCCCC(C)C)CC(O)CO. The minimum Gasteiger partial charge on any atom is -0.394 e. The number of ether oxygens (including phenoxy) is 1. The minimum absolute atomic E-state index is 0.153. The maximum atomic E-state index is 12.1. The van der Waals surface area contributed by atoms with E-state index in [1.54, 1.807) is 0 Å². The summed E-state index contributed by atoms with van der Waals surface area (Å²) in [7, 11) is 0. The normalized spacial score (nSPS) is 12.5. The molecule has 0 aliphatic heterocycles. The lowest BCUT2D eigenvalue weighted by molar-refractivity contribution is -0.121. The maximum Gasteiger partial charge on any atom is 0.219 e. The fourth-order valence-corrected chi connectivity index (χ4v) is 5.17. The second-order valence-electron chi connectivity index (χ2n) is 12.4. The summed E-state index contributed by atoms with van der Waals surface area (Å²) in [5.41, 5.74) is 0. The lowest BCUT2D eigenvalue weighted by Gasteiger charge is -2.24. The van der Waals surface area contributed by atoms with Crippen LogP contribution in [0.1, 0.15) is 156 Å². The van der Waals surface area contributed by atoms with Gasteiger partial charge in [0.05, 0.1) is 12.7 Å². The van der Waals surface area contributed by atoms with E-state index in [1.807, 2.05) is 0 Å². The molecule has 0 bridgehead atoms. The zero-order valence-corrected chi connectivity index (χ0v) is 27.1. The van der Waals surface area contributed by atoms with Gasteiger partial charge in [0.15, 0.2) is 0 Å². The summed E-state index contributed by atoms with van der Waals surface area (Å²) in [6.45, 7) is 11.0. The van der Waals surface area contributed by atoms with Gasteiger partial charge in [0.2, 0.25) is 5.91 Å². The van der Waals surface area contributed by atoms with E-state index in [0.29, 0.717) is 19.5 Å². The van der Waals surface area contributed by atoms with Gasteiger partial charge >= 0.3 is 0 Å². The van der Waals surface area contributed by atoms with Crippen molar-refractivity contribution in [2.24, 2.45) is 5.92 Å². The molecular formula is C34H70N2O4. The first-order chi connectivity index (χ1) is 19.5. The Kier molecular flexibility index (Phi) is 30.7. The zero-order chi connectivity index (χ0) is 29.5. The minimum atomic E-state index is -0.725. The van der Waals surface area contributed by atoms with Crippen LogP contribution in [0.25, 0.3) is 0 Å². The van der Waals surface area contributed by atoms with Gasteiger partial charge in [-0.2, -0.15) is 0 Å². The fraction of sp³-hybridized carbons (Fsp3) is 0.971. The Labute approximate surface area is 249 Å². The van der Waals surface area contributed by atoms with E-state index >= 15 is 0 Å². The molecule has 0 radical (unpaired) electrons. The van der Waals surface area contributed by atoms with Crippen molar-refractivity contribution in [2.75, 3.05) is 46.0 Å². The van der Waals surface area contributed by atoms with Crippen LogP contribution >= 0.6 is 0 Å². The highest BCUT2D eigenvalue weighted by Gasteiger charge is 2.11. The first-order valence-electron chi connectivity index (χ1n) is 17.3. The highest BCUT2D eigenvalue weighted by atomic mass is 16.5. The highest BCUT2D eigenvalue weighted by Crippen LogP contribution is 2.13. The third-order valence-corrected chi connectivity index (χ3v) is 7.74. The van der Waals surface area contributed by atoms with Gasteiger partial charge in [0.25, 0.3) is 0 Å². The number of aliphatic hydroxyl groups excluding tert-OH is 2. The summed E-state index contributed by atoms with van der Waals surface area (Å²) in [4.78, 5) is 14.3. The molecular weight excluding hydrogens is 500 g/mol. The number of amides is 1. The van der Waals surface area contributed by atoms with Gasteiger partial charge in [-0.25, -0.2) is 0 Å². The molecule has 1 unspecified atom stereocenters. The van der Waals surface area contributed by atoms with Crippen LogP contribution < -0.4 is 5.32 Å². The van der Waals surface area contributed by atoms with E-state index in [4.69, 9.17) is 4.74 Å². The van der Waals surface area contributed by atoms with Gasteiger partial charge in [-0.15, -0.1) is 0 Å². The number of hydrogen-bond donors (Lipinski definition) is 3. The number of aliphatic hydroxyl groups is 2. The van der Waals surface area contributed by atoms with Crippen molar-refractivity contribution in [3.05, 3.63) is 0 Å². The molecule has 240 valence electrons. The van der Waals surface area contributed by atoms with Gasteiger partial charge < -0.3 is 25.2 Å². The van der Waals surface area contributed by atoms with E-state index in [1.165, 1.54) is 96.3 Å². The molecule has 0 saturated heterocycles. The fourth-order valence-electron chi connectivity index (χ4n) is 5.17. The molecule has 0 fully saturated rings. The second kappa shape index (κ2) is 31.3. The van der Waals surface area contributed by atoms with Gasteiger partial charge in [-0.05, 0) is 38.1 Å². The zero-order valence-electron chi connectivity index (χ0n) is 27.1. The van der Waals surface area contributed by atoms with Crippen LogP contribution in [-0.4, -0.2) is 73.1 Å². The summed E-state index contributed by atoms with van der Waals surface area (Å²) in [5, 5.41) is 22.2. The summed E-state index contributed by atoms with van der Waals surface area (Å²) in [6.07, 6.45) is 25.0. The van der Waals surface area contributed by atoms with E-state index in [2.05, 4.69) is 31.0 Å². The largest absolute Gasteiger partial charge is 0.394 e. The van der Waals surface area contributed by atoms with Crippen LogP contribution in [0.15, 0.2) is 0 Å². The maximum absolute atomic E-state index is 12.1. The molecule has 0 aliphatic rings. The number of nitrogens with one attached hydrogen (secondary N) is 1. The Balaban J connectivity index is 3.71. The number of carbonyl (C=O) groups is 1. The molecule has 3 N–H and O–H groups in total. The van der Waals surface area contributed by atoms with E-state index in [-0.39, 0.29) is 12.5 Å². The lowest BCUT2D eigenvalue weighted by Crippen LogP contribution is -2.37. The monoisotopic (exact) mass is 571 g/mol. The van der Waals surface area contributed by atoms with Crippen LogP contribution in [0.2, 0.25) is 0 Å². The molecule has 0 aromatic heterocycles. The molecule has 0 heterocycles. The lowest BCUT2D eigenvalue weighted by atomic mass is 10.0. The Morgan fingerprint density at radius 2 is 1.25 bits per heavy atom. The van der Waals surface area contributed by atoms with Crippen LogP contribution in [-0.2, 0) is 9.53 Å². The summed E-state index contributed by atoms with van der Waals surface area (Å²) >= 11 is 0. The summed E-state index contributed by atoms with van der Waals surface area (Å²) < 4.78 is 5.84. The molecule has 0 aromatic carbocycles. The number of hydrogen-bond acceptors (Lipinski definition) is 5. The number of unbranched alkanes of at least 4 members (excludes halogenated alkanes) is 15. The molecule has 0 rings (SSSR count). The third kappa shape index (κ3) is 30.3. The van der Waals surface area contributed by atoms with Gasteiger partial charge in [0.1, 0.15) is 0 Å². The van der Waals surface area contributed by atoms with Crippen molar-refractivity contribution in [3.63, 3.8) is 0 Å². The van der Waals surface area contributed by atoms with Crippen LogP contribution in [0.4, 0.5) is 0 Å². The van der Waals surface area contributed by atoms with Gasteiger partial charge in [-0.1, -0.05) is 124 Å². The van der Waals surface area contributed by atoms with Crippen molar-refractivity contribution in [2.45, 2.75) is 162 Å². The van der Waals surface area contributed by atoms with E-state index in [0.717, 1.165) is 64.3 Å². The van der Waals surface area contributed by atoms with Crippen LogP contribution in [0.3, 0.4) is 0 Å². The first-order valence-corrected chi connectivity index (χ1v) is 17.3. The number of nitrogens with zero attached hydrogens (tertiary/aromatic N) is 1.